The SMILES string of the molecule is O=C(c1cc(Nc2ccc(F)c(F)c2F)ccn1)N1CCCC1. The third-order valence-corrected chi connectivity index (χ3v) is 3.69. The summed E-state index contributed by atoms with van der Waals surface area (Å²) in [6.45, 7) is 1.38. The lowest BCUT2D eigenvalue weighted by Gasteiger charge is -2.15. The summed E-state index contributed by atoms with van der Waals surface area (Å²) in [6.07, 6.45) is 3.33. The van der Waals surface area contributed by atoms with Crippen LogP contribution in [-0.4, -0.2) is 28.9 Å². The number of nitrogens with one attached hydrogen (secondary N) is 1. The molecule has 0 atom stereocenters. The maximum atomic E-state index is 13.7. The van der Waals surface area contributed by atoms with Crippen molar-refractivity contribution >= 4 is 17.3 Å². The number of amides is 1. The number of likely N-dealkylation sites (tertiary alicyclic amines) is 1. The molecule has 2 heterocycles. The van der Waals surface area contributed by atoms with Crippen molar-refractivity contribution in [3.63, 3.8) is 0 Å². The van der Waals surface area contributed by atoms with Gasteiger partial charge >= 0.3 is 0 Å². The Kier molecular flexibility index (Phi) is 4.18. The fourth-order valence-electron chi connectivity index (χ4n) is 2.49. The minimum atomic E-state index is -1.54. The average Bonchev–Trinajstić information content (AvgIpc) is 3.09. The summed E-state index contributed by atoms with van der Waals surface area (Å²) in [6, 6.07) is 4.90. The Morgan fingerprint density at radius 2 is 1.83 bits per heavy atom. The van der Waals surface area contributed by atoms with Gasteiger partial charge in [-0.25, -0.2) is 13.2 Å². The molecule has 1 aromatic carbocycles. The van der Waals surface area contributed by atoms with Gasteiger partial charge in [-0.1, -0.05) is 0 Å². The molecule has 7 heteroatoms. The van der Waals surface area contributed by atoms with E-state index in [1.807, 2.05) is 0 Å². The number of hydrogen-bond acceptors (Lipinski definition) is 3. The summed E-state index contributed by atoms with van der Waals surface area (Å²) >= 11 is 0. The maximum absolute atomic E-state index is 13.7. The van der Waals surface area contributed by atoms with Crippen molar-refractivity contribution in [2.24, 2.45) is 0 Å². The van der Waals surface area contributed by atoms with Gasteiger partial charge in [-0.15, -0.1) is 0 Å². The first kappa shape index (κ1) is 15.3. The highest BCUT2D eigenvalue weighted by atomic mass is 19.2. The summed E-state index contributed by atoms with van der Waals surface area (Å²) in [4.78, 5) is 18.0. The van der Waals surface area contributed by atoms with Crippen molar-refractivity contribution in [2.75, 3.05) is 18.4 Å². The second-order valence-electron chi connectivity index (χ2n) is 5.28. The first-order valence-corrected chi connectivity index (χ1v) is 7.22. The van der Waals surface area contributed by atoms with Crippen molar-refractivity contribution < 1.29 is 18.0 Å². The van der Waals surface area contributed by atoms with Crippen LogP contribution in [0.1, 0.15) is 23.3 Å². The Labute approximate surface area is 130 Å². The van der Waals surface area contributed by atoms with Crippen LogP contribution in [-0.2, 0) is 0 Å². The minimum Gasteiger partial charge on any atom is -0.353 e. The zero-order valence-electron chi connectivity index (χ0n) is 12.2. The number of carbonyl (C=O) groups excluding carboxylic acids is 1. The lowest BCUT2D eigenvalue weighted by molar-refractivity contribution is 0.0787. The minimum absolute atomic E-state index is 0.197. The molecule has 2 aromatic rings. The molecule has 0 aliphatic carbocycles. The van der Waals surface area contributed by atoms with Crippen LogP contribution < -0.4 is 5.32 Å². The average molecular weight is 321 g/mol. The van der Waals surface area contributed by atoms with Crippen molar-refractivity contribution in [1.29, 1.82) is 0 Å². The molecule has 0 bridgehead atoms. The van der Waals surface area contributed by atoms with Gasteiger partial charge < -0.3 is 10.2 Å². The van der Waals surface area contributed by atoms with Crippen LogP contribution in [0.3, 0.4) is 0 Å². The first-order chi connectivity index (χ1) is 11.1. The van der Waals surface area contributed by atoms with Crippen molar-refractivity contribution in [3.8, 4) is 0 Å². The zero-order chi connectivity index (χ0) is 16.4. The number of benzene rings is 1. The van der Waals surface area contributed by atoms with Gasteiger partial charge in [0.1, 0.15) is 5.69 Å². The molecule has 1 N–H and O–H groups in total. The lowest BCUT2D eigenvalue weighted by atomic mass is 10.2. The smallest absolute Gasteiger partial charge is 0.272 e. The molecular formula is C16H14F3N3O. The molecule has 1 aliphatic rings. The summed E-state index contributed by atoms with van der Waals surface area (Å²) in [5.74, 6) is -4.31. The largest absolute Gasteiger partial charge is 0.353 e. The fraction of sp³-hybridized carbons (Fsp3) is 0.250. The van der Waals surface area contributed by atoms with Gasteiger partial charge in [0.2, 0.25) is 0 Å². The van der Waals surface area contributed by atoms with Gasteiger partial charge in [0.25, 0.3) is 5.91 Å². The first-order valence-electron chi connectivity index (χ1n) is 7.22. The monoisotopic (exact) mass is 321 g/mol. The third-order valence-electron chi connectivity index (χ3n) is 3.69. The standard InChI is InChI=1S/C16H14F3N3O/c17-11-3-4-12(15(19)14(11)18)21-10-5-6-20-13(9-10)16(23)22-7-1-2-8-22/h3-6,9H,1-2,7-8H2,(H,20,21). The maximum Gasteiger partial charge on any atom is 0.272 e. The van der Waals surface area contributed by atoms with Crippen LogP contribution in [0, 0.1) is 17.5 Å². The number of anilines is 2. The highest BCUT2D eigenvalue weighted by Crippen LogP contribution is 2.24. The summed E-state index contributed by atoms with van der Waals surface area (Å²) in [5.41, 5.74) is 0.377. The van der Waals surface area contributed by atoms with Crippen molar-refractivity contribution in [2.45, 2.75) is 12.8 Å². The molecule has 1 fully saturated rings. The molecule has 0 unspecified atom stereocenters. The van der Waals surface area contributed by atoms with Gasteiger partial charge in [-0.05, 0) is 37.1 Å². The molecule has 4 nitrogen and oxygen atoms in total. The summed E-state index contributed by atoms with van der Waals surface area (Å²) in [7, 11) is 0. The number of carbonyl (C=O) groups is 1. The zero-order valence-corrected chi connectivity index (χ0v) is 12.2. The molecule has 23 heavy (non-hydrogen) atoms. The van der Waals surface area contributed by atoms with Gasteiger partial charge in [-0.2, -0.15) is 0 Å². The molecule has 1 amide bonds. The van der Waals surface area contributed by atoms with Gasteiger partial charge in [-0.3, -0.25) is 9.78 Å². The van der Waals surface area contributed by atoms with Crippen LogP contribution in [0.25, 0.3) is 0 Å². The number of pyridine rings is 1. The molecule has 1 aliphatic heterocycles. The van der Waals surface area contributed by atoms with Gasteiger partial charge in [0.15, 0.2) is 17.5 Å². The number of rotatable bonds is 3. The molecule has 1 saturated heterocycles. The second-order valence-corrected chi connectivity index (χ2v) is 5.28. The summed E-state index contributed by atoms with van der Waals surface area (Å²) < 4.78 is 39.9. The quantitative estimate of drug-likeness (QED) is 0.880. The van der Waals surface area contributed by atoms with Crippen LogP contribution >= 0.6 is 0 Å². The second kappa shape index (κ2) is 6.28. The fourth-order valence-corrected chi connectivity index (χ4v) is 2.49. The van der Waals surface area contributed by atoms with E-state index in [1.165, 1.54) is 18.3 Å². The highest BCUT2D eigenvalue weighted by molar-refractivity contribution is 5.93. The van der Waals surface area contributed by atoms with E-state index in [9.17, 15) is 18.0 Å². The number of nitrogens with zero attached hydrogens (tertiary/aromatic N) is 2. The molecule has 0 radical (unpaired) electrons. The Balaban J connectivity index is 1.83. The van der Waals surface area contributed by atoms with Crippen LogP contribution in [0.4, 0.5) is 24.5 Å². The van der Waals surface area contributed by atoms with Crippen molar-refractivity contribution in [1.82, 2.24) is 9.88 Å². The van der Waals surface area contributed by atoms with E-state index >= 15 is 0 Å². The van der Waals surface area contributed by atoms with Crippen molar-refractivity contribution in [3.05, 3.63) is 53.6 Å². The van der Waals surface area contributed by atoms with Crippen LogP contribution in [0.5, 0.6) is 0 Å². The lowest BCUT2D eigenvalue weighted by Crippen LogP contribution is -2.28. The van der Waals surface area contributed by atoms with E-state index in [2.05, 4.69) is 10.3 Å². The number of hydrogen-bond donors (Lipinski definition) is 1. The molecule has 3 rings (SSSR count). The summed E-state index contributed by atoms with van der Waals surface area (Å²) in [5, 5.41) is 2.63. The van der Waals surface area contributed by atoms with E-state index < -0.39 is 17.5 Å². The van der Waals surface area contributed by atoms with Gasteiger partial charge in [0, 0.05) is 25.0 Å². The molecule has 120 valence electrons. The predicted molar refractivity (Wildman–Crippen MR) is 79.0 cm³/mol. The van der Waals surface area contributed by atoms with E-state index in [1.54, 1.807) is 4.90 Å². The van der Waals surface area contributed by atoms with E-state index in [0.29, 0.717) is 18.8 Å². The highest BCUT2D eigenvalue weighted by Gasteiger charge is 2.21. The normalized spacial score (nSPS) is 14.1. The Hall–Kier alpha value is -2.57. The number of aromatic nitrogens is 1. The van der Waals surface area contributed by atoms with Crippen LogP contribution in [0.15, 0.2) is 30.5 Å². The van der Waals surface area contributed by atoms with E-state index in [0.717, 1.165) is 25.0 Å². The van der Waals surface area contributed by atoms with E-state index in [4.69, 9.17) is 0 Å². The molecule has 0 spiro atoms. The van der Waals surface area contributed by atoms with Gasteiger partial charge in [0.05, 0.1) is 5.69 Å². The molecule has 0 saturated carbocycles. The topological polar surface area (TPSA) is 45.2 Å². The predicted octanol–water partition coefficient (Wildman–Crippen LogP) is 3.48. The third kappa shape index (κ3) is 3.13. The van der Waals surface area contributed by atoms with Crippen LogP contribution in [0.2, 0.25) is 0 Å². The Morgan fingerprint density at radius 1 is 1.09 bits per heavy atom. The molecule has 1 aromatic heterocycles. The Bertz CT molecular complexity index is 745. The molecular weight excluding hydrogens is 307 g/mol. The Morgan fingerprint density at radius 3 is 2.57 bits per heavy atom. The number of halogens is 3. The van der Waals surface area contributed by atoms with E-state index in [-0.39, 0.29) is 17.3 Å².